The Kier molecular flexibility index (Phi) is 5.75. The van der Waals surface area contributed by atoms with Crippen molar-refractivity contribution < 1.29 is 19.4 Å². The summed E-state index contributed by atoms with van der Waals surface area (Å²) in [6, 6.07) is -0.611. The summed E-state index contributed by atoms with van der Waals surface area (Å²) in [5.74, 6) is -0.925. The maximum absolute atomic E-state index is 12.2. The van der Waals surface area contributed by atoms with Crippen LogP contribution in [0.2, 0.25) is 0 Å². The van der Waals surface area contributed by atoms with Crippen molar-refractivity contribution in [3.63, 3.8) is 0 Å². The van der Waals surface area contributed by atoms with Crippen LogP contribution in [0.25, 0.3) is 0 Å². The van der Waals surface area contributed by atoms with E-state index in [2.05, 4.69) is 0 Å². The minimum absolute atomic E-state index is 0.0273. The van der Waals surface area contributed by atoms with E-state index in [4.69, 9.17) is 9.84 Å². The van der Waals surface area contributed by atoms with Gasteiger partial charge in [-0.15, -0.1) is 0 Å². The smallest absolute Gasteiger partial charge is 0.320 e. The Labute approximate surface area is 114 Å². The average molecular weight is 272 g/mol. The van der Waals surface area contributed by atoms with E-state index in [9.17, 15) is 9.59 Å². The fraction of sp³-hybridized carbons (Fsp3) is 0.846. The van der Waals surface area contributed by atoms with Crippen LogP contribution >= 0.6 is 0 Å². The summed E-state index contributed by atoms with van der Waals surface area (Å²) in [5, 5.41) is 9.06. The summed E-state index contributed by atoms with van der Waals surface area (Å²) in [7, 11) is 1.67. The Morgan fingerprint density at radius 3 is 2.32 bits per heavy atom. The number of morpholine rings is 1. The molecule has 1 aliphatic heterocycles. The van der Waals surface area contributed by atoms with Crippen molar-refractivity contribution in [3.05, 3.63) is 0 Å². The van der Waals surface area contributed by atoms with Crippen LogP contribution in [0.4, 0.5) is 0 Å². The van der Waals surface area contributed by atoms with E-state index in [-0.39, 0.29) is 24.7 Å². The van der Waals surface area contributed by atoms with Crippen LogP contribution in [0.3, 0.4) is 0 Å². The summed E-state index contributed by atoms with van der Waals surface area (Å²) in [4.78, 5) is 26.6. The number of carboxylic acids is 1. The number of carbonyl (C=O) groups is 2. The molecule has 1 fully saturated rings. The highest BCUT2D eigenvalue weighted by Crippen LogP contribution is 2.11. The second-order valence-electron chi connectivity index (χ2n) is 5.23. The molecule has 1 rings (SSSR count). The van der Waals surface area contributed by atoms with Gasteiger partial charge in [0.15, 0.2) is 0 Å². The maximum atomic E-state index is 12.2. The Morgan fingerprint density at radius 2 is 1.89 bits per heavy atom. The molecular formula is C13H24N2O4. The molecule has 3 atom stereocenters. The number of hydrogen-bond acceptors (Lipinski definition) is 4. The van der Waals surface area contributed by atoms with Crippen LogP contribution < -0.4 is 0 Å². The molecule has 6 heteroatoms. The van der Waals surface area contributed by atoms with Gasteiger partial charge in [-0.2, -0.15) is 0 Å². The van der Waals surface area contributed by atoms with Gasteiger partial charge in [-0.05, 0) is 27.3 Å². The third-order valence-corrected chi connectivity index (χ3v) is 3.36. The average Bonchev–Trinajstić information content (AvgIpc) is 2.27. The SMILES string of the molecule is CCC(C(=O)O)N(C)CC(=O)N1CC(C)OC(C)C1. The molecule has 1 amide bonds. The number of hydrogen-bond donors (Lipinski definition) is 1. The monoisotopic (exact) mass is 272 g/mol. The lowest BCUT2D eigenvalue weighted by molar-refractivity contribution is -0.148. The molecule has 1 aliphatic rings. The number of carboxylic acid groups (broad SMARTS) is 1. The van der Waals surface area contributed by atoms with Gasteiger partial charge in [0.05, 0.1) is 18.8 Å². The minimum Gasteiger partial charge on any atom is -0.480 e. The van der Waals surface area contributed by atoms with Gasteiger partial charge in [-0.1, -0.05) is 6.92 Å². The molecule has 0 aliphatic carbocycles. The fourth-order valence-corrected chi connectivity index (χ4v) is 2.48. The first-order chi connectivity index (χ1) is 8.85. The zero-order chi connectivity index (χ0) is 14.6. The molecule has 1 N–H and O–H groups in total. The molecule has 6 nitrogen and oxygen atoms in total. The molecule has 0 bridgehead atoms. The van der Waals surface area contributed by atoms with Crippen LogP contribution in [-0.2, 0) is 14.3 Å². The van der Waals surface area contributed by atoms with E-state index < -0.39 is 12.0 Å². The molecule has 3 unspecified atom stereocenters. The molecular weight excluding hydrogens is 248 g/mol. The van der Waals surface area contributed by atoms with Gasteiger partial charge in [0.2, 0.25) is 5.91 Å². The zero-order valence-corrected chi connectivity index (χ0v) is 12.1. The third-order valence-electron chi connectivity index (χ3n) is 3.36. The predicted molar refractivity (Wildman–Crippen MR) is 70.9 cm³/mol. The first-order valence-corrected chi connectivity index (χ1v) is 6.71. The second-order valence-corrected chi connectivity index (χ2v) is 5.23. The first kappa shape index (κ1) is 15.9. The van der Waals surface area contributed by atoms with Gasteiger partial charge in [-0.25, -0.2) is 0 Å². The van der Waals surface area contributed by atoms with Crippen LogP contribution in [0.5, 0.6) is 0 Å². The van der Waals surface area contributed by atoms with Crippen molar-refractivity contribution in [1.82, 2.24) is 9.80 Å². The van der Waals surface area contributed by atoms with Gasteiger partial charge in [0.25, 0.3) is 0 Å². The number of ether oxygens (including phenoxy) is 1. The van der Waals surface area contributed by atoms with Gasteiger partial charge < -0.3 is 14.7 Å². The van der Waals surface area contributed by atoms with Crippen molar-refractivity contribution in [2.45, 2.75) is 45.4 Å². The third kappa shape index (κ3) is 4.47. The number of rotatable bonds is 5. The van der Waals surface area contributed by atoms with Crippen LogP contribution in [0, 0.1) is 0 Å². The van der Waals surface area contributed by atoms with Crippen LogP contribution in [-0.4, -0.2) is 71.7 Å². The highest BCUT2D eigenvalue weighted by molar-refractivity contribution is 5.80. The van der Waals surface area contributed by atoms with Crippen molar-refractivity contribution in [2.75, 3.05) is 26.7 Å². The molecule has 0 aromatic carbocycles. The summed E-state index contributed by atoms with van der Waals surface area (Å²) >= 11 is 0. The predicted octanol–water partition coefficient (Wildman–Crippen LogP) is 0.417. The highest BCUT2D eigenvalue weighted by Gasteiger charge is 2.28. The Balaban J connectivity index is 2.56. The van der Waals surface area contributed by atoms with Gasteiger partial charge >= 0.3 is 5.97 Å². The Hall–Kier alpha value is -1.14. The molecule has 0 radical (unpaired) electrons. The zero-order valence-electron chi connectivity index (χ0n) is 12.1. The molecule has 0 saturated carbocycles. The van der Waals surface area contributed by atoms with E-state index in [1.165, 1.54) is 0 Å². The largest absolute Gasteiger partial charge is 0.480 e. The molecule has 1 saturated heterocycles. The number of carbonyl (C=O) groups excluding carboxylic acids is 1. The van der Waals surface area contributed by atoms with Gasteiger partial charge in [0, 0.05) is 13.1 Å². The van der Waals surface area contributed by atoms with E-state index in [0.29, 0.717) is 19.5 Å². The van der Waals surface area contributed by atoms with E-state index in [0.717, 1.165) is 0 Å². The number of likely N-dealkylation sites (N-methyl/N-ethyl adjacent to an activating group) is 1. The summed E-state index contributed by atoms with van der Waals surface area (Å²) in [6.07, 6.45) is 0.536. The second kappa shape index (κ2) is 6.86. The van der Waals surface area contributed by atoms with Crippen molar-refractivity contribution in [3.8, 4) is 0 Å². The first-order valence-electron chi connectivity index (χ1n) is 6.71. The van der Waals surface area contributed by atoms with Gasteiger partial charge in [-0.3, -0.25) is 14.5 Å². The normalized spacial score (nSPS) is 25.4. The lowest BCUT2D eigenvalue weighted by atomic mass is 10.2. The van der Waals surface area contributed by atoms with Crippen molar-refractivity contribution >= 4 is 11.9 Å². The van der Waals surface area contributed by atoms with Gasteiger partial charge in [0.1, 0.15) is 6.04 Å². The number of aliphatic carboxylic acids is 1. The van der Waals surface area contributed by atoms with E-state index >= 15 is 0 Å². The highest BCUT2D eigenvalue weighted by atomic mass is 16.5. The fourth-order valence-electron chi connectivity index (χ4n) is 2.48. The minimum atomic E-state index is -0.887. The Bertz CT molecular complexity index is 325. The topological polar surface area (TPSA) is 70.1 Å². The van der Waals surface area contributed by atoms with E-state index in [1.54, 1.807) is 23.8 Å². The molecule has 0 spiro atoms. The summed E-state index contributed by atoms with van der Waals surface area (Å²) in [6.45, 7) is 6.95. The molecule has 110 valence electrons. The van der Waals surface area contributed by atoms with Crippen molar-refractivity contribution in [1.29, 1.82) is 0 Å². The van der Waals surface area contributed by atoms with Crippen LogP contribution in [0.15, 0.2) is 0 Å². The molecule has 19 heavy (non-hydrogen) atoms. The number of nitrogens with zero attached hydrogens (tertiary/aromatic N) is 2. The molecule has 0 aromatic rings. The maximum Gasteiger partial charge on any atom is 0.320 e. The van der Waals surface area contributed by atoms with Crippen LogP contribution in [0.1, 0.15) is 27.2 Å². The summed E-state index contributed by atoms with van der Waals surface area (Å²) in [5.41, 5.74) is 0. The molecule has 1 heterocycles. The van der Waals surface area contributed by atoms with Crippen molar-refractivity contribution in [2.24, 2.45) is 0 Å². The lowest BCUT2D eigenvalue weighted by Crippen LogP contribution is -2.52. The Morgan fingerprint density at radius 1 is 1.37 bits per heavy atom. The van der Waals surface area contributed by atoms with E-state index in [1.807, 2.05) is 13.8 Å². The molecule has 0 aromatic heterocycles. The lowest BCUT2D eigenvalue weighted by Gasteiger charge is -2.36. The number of amides is 1. The quantitative estimate of drug-likeness (QED) is 0.785. The summed E-state index contributed by atoms with van der Waals surface area (Å²) < 4.78 is 5.58. The standard InChI is InChI=1S/C13H24N2O4/c1-5-11(13(17)18)14(4)8-12(16)15-6-9(2)19-10(3)7-15/h9-11H,5-8H2,1-4H3,(H,17,18).